The van der Waals surface area contributed by atoms with Gasteiger partial charge in [0.1, 0.15) is 12.4 Å². The number of nitrogens with zero attached hydrogens (tertiary/aromatic N) is 3. The Hall–Kier alpha value is -3.13. The zero-order chi connectivity index (χ0) is 20.2. The Kier molecular flexibility index (Phi) is 5.62. The van der Waals surface area contributed by atoms with Crippen LogP contribution in [0.3, 0.4) is 0 Å². The lowest BCUT2D eigenvalue weighted by atomic mass is 9.89. The van der Waals surface area contributed by atoms with Crippen LogP contribution in [-0.2, 0) is 14.3 Å². The van der Waals surface area contributed by atoms with Crippen molar-refractivity contribution >= 4 is 29.3 Å². The summed E-state index contributed by atoms with van der Waals surface area (Å²) in [6, 6.07) is 17.0. The molecule has 7 nitrogen and oxygen atoms in total. The number of ether oxygens (including phenoxy) is 1. The van der Waals surface area contributed by atoms with Crippen LogP contribution >= 0.6 is 11.8 Å². The third kappa shape index (κ3) is 4.17. The van der Waals surface area contributed by atoms with Crippen molar-refractivity contribution in [1.29, 1.82) is 0 Å². The van der Waals surface area contributed by atoms with Crippen molar-refractivity contribution in [3.8, 4) is 0 Å². The molecular weight excluding hydrogens is 388 g/mol. The highest BCUT2D eigenvalue weighted by atomic mass is 32.2. The van der Waals surface area contributed by atoms with E-state index < -0.39 is 18.0 Å². The number of carbonyl (C=O) groups excluding carboxylic acids is 2. The second kappa shape index (κ2) is 8.48. The summed E-state index contributed by atoms with van der Waals surface area (Å²) in [6.07, 6.45) is 1.07. The van der Waals surface area contributed by atoms with E-state index in [0.717, 1.165) is 16.8 Å². The first-order valence-electron chi connectivity index (χ1n) is 9.22. The van der Waals surface area contributed by atoms with Crippen molar-refractivity contribution in [3.05, 3.63) is 72.1 Å². The number of carbonyl (C=O) groups is 2. The number of esters is 1. The van der Waals surface area contributed by atoms with Crippen LogP contribution in [0.5, 0.6) is 0 Å². The standard InChI is InChI=1S/C21H20N4O3S/c1-25-17-10-6-5-9-15(17)16(11-19(25)26)20(27)28-18(14-7-3-2-4-8-14)12-29-21-22-13-23-24-21/h2-10,13,16,18H,11-12H2,1H3,(H,22,23,24). The summed E-state index contributed by atoms with van der Waals surface area (Å²) in [6.45, 7) is 0. The number of anilines is 1. The van der Waals surface area contributed by atoms with Crippen molar-refractivity contribution in [1.82, 2.24) is 15.2 Å². The minimum absolute atomic E-state index is 0.0991. The number of amides is 1. The van der Waals surface area contributed by atoms with Gasteiger partial charge in [0.25, 0.3) is 0 Å². The number of para-hydroxylation sites is 1. The lowest BCUT2D eigenvalue weighted by molar-refractivity contribution is -0.151. The molecular formula is C21H20N4O3S. The summed E-state index contributed by atoms with van der Waals surface area (Å²) in [5.74, 6) is -0.632. The molecule has 4 rings (SSSR count). The van der Waals surface area contributed by atoms with Gasteiger partial charge >= 0.3 is 5.97 Å². The van der Waals surface area contributed by atoms with Crippen molar-refractivity contribution in [2.45, 2.75) is 23.6 Å². The van der Waals surface area contributed by atoms with Crippen LogP contribution in [0.2, 0.25) is 0 Å². The van der Waals surface area contributed by atoms with E-state index in [-0.39, 0.29) is 12.3 Å². The van der Waals surface area contributed by atoms with E-state index in [0.29, 0.717) is 10.9 Å². The maximum atomic E-state index is 13.1. The predicted octanol–water partition coefficient (Wildman–Crippen LogP) is 3.33. The number of fused-ring (bicyclic) bond motifs is 1. The van der Waals surface area contributed by atoms with Gasteiger partial charge in [0.05, 0.1) is 5.92 Å². The third-order valence-corrected chi connectivity index (χ3v) is 5.84. The minimum Gasteiger partial charge on any atom is -0.456 e. The van der Waals surface area contributed by atoms with Crippen LogP contribution in [-0.4, -0.2) is 39.9 Å². The summed E-state index contributed by atoms with van der Waals surface area (Å²) in [5.41, 5.74) is 2.45. The fraction of sp³-hybridized carbons (Fsp3) is 0.238. The first-order valence-corrected chi connectivity index (χ1v) is 10.2. The molecule has 3 aromatic rings. The molecule has 1 N–H and O–H groups in total. The van der Waals surface area contributed by atoms with E-state index in [1.807, 2.05) is 54.6 Å². The molecule has 0 saturated heterocycles. The van der Waals surface area contributed by atoms with Crippen molar-refractivity contribution < 1.29 is 14.3 Å². The maximum Gasteiger partial charge on any atom is 0.314 e. The summed E-state index contributed by atoms with van der Waals surface area (Å²) in [5, 5.41) is 7.29. The van der Waals surface area contributed by atoms with E-state index in [4.69, 9.17) is 4.74 Å². The topological polar surface area (TPSA) is 88.2 Å². The SMILES string of the molecule is CN1C(=O)CC(C(=O)OC(CSc2ncn[nH]2)c2ccccc2)c2ccccc21. The fourth-order valence-corrected chi connectivity index (χ4v) is 4.17. The highest BCUT2D eigenvalue weighted by molar-refractivity contribution is 7.99. The molecule has 8 heteroatoms. The molecule has 2 unspecified atom stereocenters. The van der Waals surface area contributed by atoms with Gasteiger partial charge in [-0.25, -0.2) is 4.98 Å². The molecule has 1 amide bonds. The first-order chi connectivity index (χ1) is 14.1. The number of aromatic nitrogens is 3. The molecule has 148 valence electrons. The average molecular weight is 408 g/mol. The molecule has 0 fully saturated rings. The van der Waals surface area contributed by atoms with Gasteiger partial charge in [0, 0.05) is 24.9 Å². The Morgan fingerprint density at radius 3 is 2.76 bits per heavy atom. The molecule has 1 aliphatic rings. The molecule has 2 aromatic carbocycles. The number of nitrogens with one attached hydrogen (secondary N) is 1. The third-order valence-electron chi connectivity index (χ3n) is 4.91. The Bertz CT molecular complexity index is 994. The lowest BCUT2D eigenvalue weighted by Crippen LogP contribution is -2.36. The van der Waals surface area contributed by atoms with Gasteiger partial charge in [-0.05, 0) is 17.2 Å². The van der Waals surface area contributed by atoms with Crippen molar-refractivity contribution in [2.75, 3.05) is 17.7 Å². The number of aromatic amines is 1. The minimum atomic E-state index is -0.614. The van der Waals surface area contributed by atoms with Gasteiger partial charge in [-0.2, -0.15) is 5.10 Å². The summed E-state index contributed by atoms with van der Waals surface area (Å²) in [4.78, 5) is 31.2. The molecule has 0 spiro atoms. The van der Waals surface area contributed by atoms with Crippen LogP contribution < -0.4 is 4.90 Å². The monoisotopic (exact) mass is 408 g/mol. The molecule has 0 radical (unpaired) electrons. The molecule has 29 heavy (non-hydrogen) atoms. The molecule has 0 bridgehead atoms. The maximum absolute atomic E-state index is 13.1. The Balaban J connectivity index is 1.56. The van der Waals surface area contributed by atoms with Crippen LogP contribution in [0.15, 0.2) is 66.1 Å². The van der Waals surface area contributed by atoms with Gasteiger partial charge in [-0.1, -0.05) is 60.3 Å². The fourth-order valence-electron chi connectivity index (χ4n) is 3.36. The van der Waals surface area contributed by atoms with Crippen LogP contribution in [0, 0.1) is 0 Å². The van der Waals surface area contributed by atoms with E-state index in [2.05, 4.69) is 15.2 Å². The van der Waals surface area contributed by atoms with Gasteiger partial charge in [0.2, 0.25) is 5.91 Å². The highest BCUT2D eigenvalue weighted by Crippen LogP contribution is 2.37. The number of benzene rings is 2. The normalized spacial score (nSPS) is 16.9. The van der Waals surface area contributed by atoms with Crippen LogP contribution in [0.4, 0.5) is 5.69 Å². The molecule has 2 heterocycles. The number of rotatable bonds is 6. The van der Waals surface area contributed by atoms with Crippen LogP contribution in [0.1, 0.15) is 29.6 Å². The second-order valence-electron chi connectivity index (χ2n) is 6.71. The summed E-state index contributed by atoms with van der Waals surface area (Å²) < 4.78 is 5.92. The van der Waals surface area contributed by atoms with Gasteiger partial charge in [-0.15, -0.1) is 0 Å². The van der Waals surface area contributed by atoms with E-state index in [1.54, 1.807) is 11.9 Å². The Morgan fingerprint density at radius 2 is 2.00 bits per heavy atom. The van der Waals surface area contributed by atoms with Crippen LogP contribution in [0.25, 0.3) is 0 Å². The van der Waals surface area contributed by atoms with Gasteiger partial charge in [-0.3, -0.25) is 14.7 Å². The lowest BCUT2D eigenvalue weighted by Gasteiger charge is -2.31. The van der Waals surface area contributed by atoms with E-state index >= 15 is 0 Å². The van der Waals surface area contributed by atoms with Crippen molar-refractivity contribution in [2.24, 2.45) is 0 Å². The second-order valence-corrected chi connectivity index (χ2v) is 7.71. The predicted molar refractivity (Wildman–Crippen MR) is 110 cm³/mol. The molecule has 1 aromatic heterocycles. The van der Waals surface area contributed by atoms with E-state index in [1.165, 1.54) is 18.1 Å². The van der Waals surface area contributed by atoms with Gasteiger partial charge in [0.15, 0.2) is 5.16 Å². The Morgan fingerprint density at radius 1 is 1.24 bits per heavy atom. The highest BCUT2D eigenvalue weighted by Gasteiger charge is 2.35. The molecule has 2 atom stereocenters. The number of H-pyrrole nitrogens is 1. The quantitative estimate of drug-likeness (QED) is 0.497. The number of hydrogen-bond donors (Lipinski definition) is 1. The smallest absolute Gasteiger partial charge is 0.314 e. The molecule has 0 saturated carbocycles. The zero-order valence-corrected chi connectivity index (χ0v) is 16.6. The number of hydrogen-bond acceptors (Lipinski definition) is 6. The first kappa shape index (κ1) is 19.2. The number of thioether (sulfide) groups is 1. The average Bonchev–Trinajstić information content (AvgIpc) is 3.28. The van der Waals surface area contributed by atoms with E-state index in [9.17, 15) is 9.59 Å². The van der Waals surface area contributed by atoms with Gasteiger partial charge < -0.3 is 9.64 Å². The zero-order valence-electron chi connectivity index (χ0n) is 15.8. The Labute approximate surface area is 172 Å². The largest absolute Gasteiger partial charge is 0.456 e. The summed E-state index contributed by atoms with van der Waals surface area (Å²) in [7, 11) is 1.73. The molecule has 1 aliphatic heterocycles. The summed E-state index contributed by atoms with van der Waals surface area (Å²) >= 11 is 1.42. The molecule has 0 aliphatic carbocycles. The van der Waals surface area contributed by atoms with Crippen molar-refractivity contribution in [3.63, 3.8) is 0 Å².